The van der Waals surface area contributed by atoms with Crippen LogP contribution in [0.5, 0.6) is 0 Å². The highest BCUT2D eigenvalue weighted by atomic mass is 32.1. The van der Waals surface area contributed by atoms with E-state index in [1.54, 1.807) is 11.3 Å². The summed E-state index contributed by atoms with van der Waals surface area (Å²) in [5, 5.41) is 2.42. The van der Waals surface area contributed by atoms with Crippen LogP contribution in [0.15, 0.2) is 146 Å². The van der Waals surface area contributed by atoms with Crippen molar-refractivity contribution in [1.82, 2.24) is 18.7 Å². The zero-order valence-corrected chi connectivity index (χ0v) is 22.4. The van der Waals surface area contributed by atoms with Crippen LogP contribution in [-0.2, 0) is 0 Å². The Morgan fingerprint density at radius 3 is 1.75 bits per heavy atom. The van der Waals surface area contributed by atoms with E-state index in [-0.39, 0.29) is 0 Å². The molecule has 0 spiro atoms. The van der Waals surface area contributed by atoms with Crippen molar-refractivity contribution >= 4 is 33.1 Å². The van der Waals surface area contributed by atoms with E-state index in [2.05, 4.69) is 154 Å². The van der Waals surface area contributed by atoms with Gasteiger partial charge in [0.1, 0.15) is 0 Å². The van der Waals surface area contributed by atoms with E-state index >= 15 is 0 Å². The first-order valence-corrected chi connectivity index (χ1v) is 14.1. The monoisotopic (exact) mass is 532 g/mol. The third-order valence-electron chi connectivity index (χ3n) is 7.48. The summed E-state index contributed by atoms with van der Waals surface area (Å²) >= 11 is 1.77. The number of rotatable bonds is 5. The molecule has 0 saturated carbocycles. The minimum atomic E-state index is 0.925. The van der Waals surface area contributed by atoms with E-state index in [1.807, 2.05) is 6.20 Å². The number of nitrogens with zero attached hydrogens (tertiary/aromatic N) is 4. The Bertz CT molecular complexity index is 2030. The minimum absolute atomic E-state index is 0.925. The lowest BCUT2D eigenvalue weighted by atomic mass is 10.2. The van der Waals surface area contributed by atoms with Crippen molar-refractivity contribution in [1.29, 1.82) is 0 Å². The van der Waals surface area contributed by atoms with Crippen LogP contribution in [0.3, 0.4) is 0 Å². The summed E-state index contributed by atoms with van der Waals surface area (Å²) in [5.41, 5.74) is 6.82. The Morgan fingerprint density at radius 2 is 1.07 bits per heavy atom. The van der Waals surface area contributed by atoms with Gasteiger partial charge in [-0.05, 0) is 64.9 Å². The zero-order valence-electron chi connectivity index (χ0n) is 21.6. The number of hydrogen-bond acceptors (Lipinski definition) is 2. The molecule has 0 radical (unpaired) electrons. The van der Waals surface area contributed by atoms with Crippen molar-refractivity contribution in [2.24, 2.45) is 0 Å². The quantitative estimate of drug-likeness (QED) is 0.217. The van der Waals surface area contributed by atoms with Crippen LogP contribution in [0, 0.1) is 0 Å². The molecule has 0 aliphatic rings. The van der Waals surface area contributed by atoms with Crippen LogP contribution in [0.4, 0.5) is 0 Å². The second kappa shape index (κ2) is 9.26. The van der Waals surface area contributed by atoms with Crippen LogP contribution in [0.2, 0.25) is 0 Å². The van der Waals surface area contributed by atoms with Gasteiger partial charge in [0.2, 0.25) is 0 Å². The molecule has 4 aromatic heterocycles. The van der Waals surface area contributed by atoms with Crippen LogP contribution in [0.25, 0.3) is 60.0 Å². The standard InChI is InChI=1S/C35H24N4S/c1-2-11-27(12-3-1)32-17-18-33(40-32)35-36-21-24-39(35)34-30(37-22-19-25-9-4-6-13-28(25)37)15-8-16-31(34)38-23-20-26-10-5-7-14-29(26)38/h1-24H. The largest absolute Gasteiger partial charge is 0.314 e. The van der Waals surface area contributed by atoms with Crippen molar-refractivity contribution in [2.75, 3.05) is 0 Å². The van der Waals surface area contributed by atoms with Crippen LogP contribution in [-0.4, -0.2) is 18.7 Å². The van der Waals surface area contributed by atoms with E-state index < -0.39 is 0 Å². The van der Waals surface area contributed by atoms with Crippen LogP contribution < -0.4 is 0 Å². The maximum absolute atomic E-state index is 4.89. The zero-order chi connectivity index (χ0) is 26.5. The summed E-state index contributed by atoms with van der Waals surface area (Å²) in [7, 11) is 0. The highest BCUT2D eigenvalue weighted by Gasteiger charge is 2.20. The Hall–Kier alpha value is -5.13. The molecule has 0 N–H and O–H groups in total. The molecule has 190 valence electrons. The molecule has 0 fully saturated rings. The molecule has 0 unspecified atom stereocenters. The van der Waals surface area contributed by atoms with Gasteiger partial charge in [-0.1, -0.05) is 72.8 Å². The Kier molecular flexibility index (Phi) is 5.28. The van der Waals surface area contributed by atoms with E-state index in [0.717, 1.165) is 27.8 Å². The molecule has 8 aromatic rings. The number of thiophene rings is 1. The molecule has 5 heteroatoms. The third kappa shape index (κ3) is 3.63. The van der Waals surface area contributed by atoms with Gasteiger partial charge in [-0.3, -0.25) is 4.57 Å². The molecule has 0 saturated heterocycles. The Morgan fingerprint density at radius 1 is 0.475 bits per heavy atom. The highest BCUT2D eigenvalue weighted by molar-refractivity contribution is 7.18. The van der Waals surface area contributed by atoms with Gasteiger partial charge < -0.3 is 9.13 Å². The molecule has 0 bridgehead atoms. The van der Waals surface area contributed by atoms with Crippen molar-refractivity contribution in [3.05, 3.63) is 146 Å². The smallest absolute Gasteiger partial charge is 0.154 e. The highest BCUT2D eigenvalue weighted by Crippen LogP contribution is 2.38. The fraction of sp³-hybridized carbons (Fsp3) is 0. The van der Waals surface area contributed by atoms with E-state index in [0.29, 0.717) is 0 Å². The maximum atomic E-state index is 4.89. The number of fused-ring (bicyclic) bond motifs is 2. The topological polar surface area (TPSA) is 27.7 Å². The molecular formula is C35H24N4S. The van der Waals surface area contributed by atoms with Gasteiger partial charge in [-0.25, -0.2) is 4.98 Å². The van der Waals surface area contributed by atoms with Gasteiger partial charge >= 0.3 is 0 Å². The number of benzene rings is 4. The van der Waals surface area contributed by atoms with Crippen LogP contribution >= 0.6 is 11.3 Å². The summed E-state index contributed by atoms with van der Waals surface area (Å²) < 4.78 is 6.82. The van der Waals surface area contributed by atoms with Gasteiger partial charge in [0, 0.05) is 29.7 Å². The second-order valence-corrected chi connectivity index (χ2v) is 10.9. The fourth-order valence-electron chi connectivity index (χ4n) is 5.62. The van der Waals surface area contributed by atoms with E-state index in [4.69, 9.17) is 4.98 Å². The first-order chi connectivity index (χ1) is 19.8. The first-order valence-electron chi connectivity index (χ1n) is 13.3. The fourth-order valence-corrected chi connectivity index (χ4v) is 6.63. The van der Waals surface area contributed by atoms with Gasteiger partial charge in [-0.2, -0.15) is 0 Å². The molecule has 4 heterocycles. The van der Waals surface area contributed by atoms with Crippen LogP contribution in [0.1, 0.15) is 0 Å². The summed E-state index contributed by atoms with van der Waals surface area (Å²) in [5.74, 6) is 0.925. The molecule has 0 amide bonds. The van der Waals surface area contributed by atoms with Gasteiger partial charge in [0.25, 0.3) is 0 Å². The second-order valence-electron chi connectivity index (χ2n) is 9.78. The maximum Gasteiger partial charge on any atom is 0.154 e. The number of hydrogen-bond donors (Lipinski definition) is 0. The average molecular weight is 533 g/mol. The number of aromatic nitrogens is 4. The summed E-state index contributed by atoms with van der Waals surface area (Å²) in [6, 6.07) is 42.9. The lowest BCUT2D eigenvalue weighted by Crippen LogP contribution is -2.08. The molecule has 0 aliphatic heterocycles. The number of para-hydroxylation sites is 3. The predicted molar refractivity (Wildman–Crippen MR) is 166 cm³/mol. The molecule has 0 aliphatic carbocycles. The van der Waals surface area contributed by atoms with Gasteiger partial charge in [-0.15, -0.1) is 11.3 Å². The predicted octanol–water partition coefficient (Wildman–Crippen LogP) is 9.16. The Balaban J connectivity index is 1.39. The van der Waals surface area contributed by atoms with Crippen molar-refractivity contribution in [3.63, 3.8) is 0 Å². The minimum Gasteiger partial charge on any atom is -0.314 e. The van der Waals surface area contributed by atoms with Crippen molar-refractivity contribution in [3.8, 4) is 38.2 Å². The first kappa shape index (κ1) is 22.8. The van der Waals surface area contributed by atoms with Crippen molar-refractivity contribution < 1.29 is 0 Å². The summed E-state index contributed by atoms with van der Waals surface area (Å²) in [6.07, 6.45) is 8.31. The summed E-state index contributed by atoms with van der Waals surface area (Å²) in [6.45, 7) is 0. The molecular weight excluding hydrogens is 508 g/mol. The van der Waals surface area contributed by atoms with Crippen molar-refractivity contribution in [2.45, 2.75) is 0 Å². The SMILES string of the molecule is c1ccc(-c2ccc(-c3nccn3-c3c(-n4ccc5ccccc54)cccc3-n3ccc4ccccc43)s2)cc1. The molecule has 0 atom stereocenters. The molecule has 4 nitrogen and oxygen atoms in total. The molecule has 8 rings (SSSR count). The lowest BCUT2D eigenvalue weighted by Gasteiger charge is -2.20. The van der Waals surface area contributed by atoms with E-state index in [1.165, 1.54) is 32.2 Å². The lowest BCUT2D eigenvalue weighted by molar-refractivity contribution is 0.984. The molecule has 4 aromatic carbocycles. The average Bonchev–Trinajstić information content (AvgIpc) is 3.82. The summed E-state index contributed by atoms with van der Waals surface area (Å²) in [4.78, 5) is 7.25. The van der Waals surface area contributed by atoms with E-state index in [9.17, 15) is 0 Å². The Labute approximate surface area is 235 Å². The van der Waals surface area contributed by atoms with Gasteiger partial charge in [0.05, 0.1) is 33.0 Å². The molecule has 40 heavy (non-hydrogen) atoms. The normalized spacial score (nSPS) is 11.5. The third-order valence-corrected chi connectivity index (χ3v) is 8.61. The number of imidazole rings is 1. The van der Waals surface area contributed by atoms with Gasteiger partial charge in [0.15, 0.2) is 5.82 Å².